The maximum absolute atomic E-state index is 10.7. The molecule has 8 heteroatoms. The highest BCUT2D eigenvalue weighted by atomic mass is 35.5. The molecule has 4 N–H and O–H groups in total. The standard InChI is InChI=1S/C22H27ClO7.CH4/c1-3-29-16-7-4-13(5-8-16)10-14-11-15(6-9-17(14)23)22(28-2)21(27)20(26)19(25)18(12-24)30-22;/h4-9,11,18-21,24-27H,3,10,12H2,1-2H3;1H4/t18-,19-,20+,21-,22+;/m1./s1. The first-order chi connectivity index (χ1) is 14.4. The van der Waals surface area contributed by atoms with Gasteiger partial charge in [-0.15, -0.1) is 0 Å². The summed E-state index contributed by atoms with van der Waals surface area (Å²) >= 11 is 6.40. The van der Waals surface area contributed by atoms with Gasteiger partial charge in [0.05, 0.1) is 13.2 Å². The zero-order valence-electron chi connectivity index (χ0n) is 16.9. The van der Waals surface area contributed by atoms with Gasteiger partial charge in [-0.05, 0) is 48.7 Å². The number of ether oxygens (including phenoxy) is 3. The zero-order valence-corrected chi connectivity index (χ0v) is 17.6. The Morgan fingerprint density at radius 2 is 1.74 bits per heavy atom. The van der Waals surface area contributed by atoms with Crippen molar-refractivity contribution >= 4 is 11.6 Å². The Morgan fingerprint density at radius 3 is 2.32 bits per heavy atom. The minimum Gasteiger partial charge on any atom is -0.494 e. The van der Waals surface area contributed by atoms with Crippen LogP contribution < -0.4 is 4.74 Å². The van der Waals surface area contributed by atoms with Crippen molar-refractivity contribution in [2.75, 3.05) is 20.3 Å². The van der Waals surface area contributed by atoms with Gasteiger partial charge in [-0.1, -0.05) is 37.2 Å². The maximum atomic E-state index is 10.7. The predicted octanol–water partition coefficient (Wildman–Crippen LogP) is 2.24. The van der Waals surface area contributed by atoms with E-state index in [9.17, 15) is 20.4 Å². The molecule has 0 unspecified atom stereocenters. The number of methoxy groups -OCH3 is 1. The highest BCUT2D eigenvalue weighted by Crippen LogP contribution is 2.40. The molecule has 0 aliphatic carbocycles. The summed E-state index contributed by atoms with van der Waals surface area (Å²) in [5.41, 5.74) is 2.16. The Hall–Kier alpha value is -1.71. The third-order valence-corrected chi connectivity index (χ3v) is 5.70. The van der Waals surface area contributed by atoms with Gasteiger partial charge in [-0.3, -0.25) is 0 Å². The van der Waals surface area contributed by atoms with Crippen molar-refractivity contribution in [3.8, 4) is 5.75 Å². The number of rotatable bonds is 7. The van der Waals surface area contributed by atoms with Gasteiger partial charge in [0.25, 0.3) is 0 Å². The largest absolute Gasteiger partial charge is 0.494 e. The van der Waals surface area contributed by atoms with Crippen LogP contribution in [0.4, 0.5) is 0 Å². The highest BCUT2D eigenvalue weighted by molar-refractivity contribution is 6.31. The second-order valence-corrected chi connectivity index (χ2v) is 7.60. The lowest BCUT2D eigenvalue weighted by Gasteiger charge is -2.47. The van der Waals surface area contributed by atoms with Crippen LogP contribution >= 0.6 is 11.6 Å². The fraction of sp³-hybridized carbons (Fsp3) is 0.478. The van der Waals surface area contributed by atoms with Crippen LogP contribution in [0.1, 0.15) is 31.0 Å². The summed E-state index contributed by atoms with van der Waals surface area (Å²) in [7, 11) is 1.32. The van der Waals surface area contributed by atoms with Crippen LogP contribution in [0, 0.1) is 0 Å². The van der Waals surface area contributed by atoms with E-state index in [0.717, 1.165) is 16.9 Å². The summed E-state index contributed by atoms with van der Waals surface area (Å²) in [5.74, 6) is -0.995. The van der Waals surface area contributed by atoms with Crippen molar-refractivity contribution in [3.63, 3.8) is 0 Å². The molecule has 31 heavy (non-hydrogen) atoms. The van der Waals surface area contributed by atoms with Crippen LogP contribution in [0.5, 0.6) is 5.75 Å². The minimum atomic E-state index is -1.77. The summed E-state index contributed by atoms with van der Waals surface area (Å²) in [5, 5.41) is 41.1. The molecule has 3 rings (SSSR count). The van der Waals surface area contributed by atoms with Gasteiger partial charge < -0.3 is 34.6 Å². The molecule has 5 atom stereocenters. The molecule has 1 aliphatic heterocycles. The molecule has 0 amide bonds. The molecule has 1 fully saturated rings. The minimum absolute atomic E-state index is 0. The molecular weight excluding hydrogens is 424 g/mol. The van der Waals surface area contributed by atoms with Gasteiger partial charge in [-0.25, -0.2) is 0 Å². The Balaban J connectivity index is 0.00000341. The van der Waals surface area contributed by atoms with Crippen molar-refractivity contribution in [3.05, 3.63) is 64.2 Å². The van der Waals surface area contributed by atoms with Gasteiger partial charge in [0, 0.05) is 17.7 Å². The molecule has 1 aliphatic rings. The van der Waals surface area contributed by atoms with Crippen molar-refractivity contribution in [1.29, 1.82) is 0 Å². The summed E-state index contributed by atoms with van der Waals surface area (Å²) in [4.78, 5) is 0. The quantitative estimate of drug-likeness (QED) is 0.508. The molecule has 2 aromatic carbocycles. The first-order valence-electron chi connectivity index (χ1n) is 9.75. The molecule has 0 saturated carbocycles. The zero-order chi connectivity index (χ0) is 21.9. The molecular formula is C23H31ClO7. The van der Waals surface area contributed by atoms with E-state index in [1.54, 1.807) is 18.2 Å². The molecule has 0 radical (unpaired) electrons. The molecule has 172 valence electrons. The van der Waals surface area contributed by atoms with Crippen LogP contribution in [0.15, 0.2) is 42.5 Å². The first kappa shape index (κ1) is 25.5. The van der Waals surface area contributed by atoms with Crippen LogP contribution in [0.3, 0.4) is 0 Å². The third kappa shape index (κ3) is 5.04. The lowest BCUT2D eigenvalue weighted by atomic mass is 9.87. The average Bonchev–Trinajstić information content (AvgIpc) is 2.76. The van der Waals surface area contributed by atoms with Gasteiger partial charge in [0.1, 0.15) is 30.2 Å². The SMILES string of the molecule is C.CCOc1ccc(Cc2cc([C@]3(OC)O[C@H](CO)[C@@H](O)[C@H](O)[C@H]3O)ccc2Cl)cc1. The van der Waals surface area contributed by atoms with E-state index >= 15 is 0 Å². The van der Waals surface area contributed by atoms with Gasteiger partial charge in [-0.2, -0.15) is 0 Å². The van der Waals surface area contributed by atoms with E-state index in [-0.39, 0.29) is 7.43 Å². The monoisotopic (exact) mass is 454 g/mol. The Kier molecular flexibility index (Phi) is 8.85. The van der Waals surface area contributed by atoms with Crippen molar-refractivity contribution < 1.29 is 34.6 Å². The smallest absolute Gasteiger partial charge is 0.224 e. The molecule has 0 aromatic heterocycles. The van der Waals surface area contributed by atoms with Crippen LogP contribution in [0.25, 0.3) is 0 Å². The number of aliphatic hydroxyl groups is 4. The molecule has 2 aromatic rings. The van der Waals surface area contributed by atoms with E-state index < -0.39 is 36.8 Å². The molecule has 7 nitrogen and oxygen atoms in total. The van der Waals surface area contributed by atoms with E-state index in [4.69, 9.17) is 25.8 Å². The lowest BCUT2D eigenvalue weighted by molar-refractivity contribution is -0.366. The fourth-order valence-electron chi connectivity index (χ4n) is 3.68. The van der Waals surface area contributed by atoms with E-state index in [2.05, 4.69) is 0 Å². The van der Waals surface area contributed by atoms with Crippen molar-refractivity contribution in [2.45, 2.75) is 51.0 Å². The Bertz CT molecular complexity index is 842. The number of hydrogen-bond donors (Lipinski definition) is 4. The second-order valence-electron chi connectivity index (χ2n) is 7.20. The topological polar surface area (TPSA) is 109 Å². The van der Waals surface area contributed by atoms with E-state index in [0.29, 0.717) is 23.6 Å². The van der Waals surface area contributed by atoms with Gasteiger partial charge in [0.15, 0.2) is 0 Å². The van der Waals surface area contributed by atoms with Crippen LogP contribution in [0.2, 0.25) is 5.02 Å². The number of benzene rings is 2. The summed E-state index contributed by atoms with van der Waals surface area (Å²) in [6.07, 6.45) is -5.23. The first-order valence-corrected chi connectivity index (χ1v) is 10.1. The van der Waals surface area contributed by atoms with Crippen molar-refractivity contribution in [1.82, 2.24) is 0 Å². The molecule has 0 bridgehead atoms. The number of aliphatic hydroxyl groups excluding tert-OH is 4. The second kappa shape index (κ2) is 10.7. The van der Waals surface area contributed by atoms with Crippen LogP contribution in [-0.4, -0.2) is 65.2 Å². The Labute approximate surface area is 187 Å². The normalized spacial score (nSPS) is 28.1. The predicted molar refractivity (Wildman–Crippen MR) is 117 cm³/mol. The molecule has 1 heterocycles. The van der Waals surface area contributed by atoms with E-state index in [1.807, 2.05) is 31.2 Å². The number of halogens is 1. The molecule has 1 saturated heterocycles. The van der Waals surface area contributed by atoms with Crippen LogP contribution in [-0.2, 0) is 21.7 Å². The van der Waals surface area contributed by atoms with Crippen molar-refractivity contribution in [2.24, 2.45) is 0 Å². The fourth-order valence-corrected chi connectivity index (χ4v) is 3.87. The maximum Gasteiger partial charge on any atom is 0.224 e. The lowest BCUT2D eigenvalue weighted by Crippen LogP contribution is -2.64. The van der Waals surface area contributed by atoms with Gasteiger partial charge in [0.2, 0.25) is 5.79 Å². The summed E-state index contributed by atoms with van der Waals surface area (Å²) in [6.45, 7) is 1.95. The summed E-state index contributed by atoms with van der Waals surface area (Å²) < 4.78 is 16.7. The summed E-state index contributed by atoms with van der Waals surface area (Å²) in [6, 6.07) is 12.6. The third-order valence-electron chi connectivity index (χ3n) is 5.33. The molecule has 0 spiro atoms. The van der Waals surface area contributed by atoms with Gasteiger partial charge >= 0.3 is 0 Å². The number of hydrogen-bond acceptors (Lipinski definition) is 7. The Morgan fingerprint density at radius 1 is 1.06 bits per heavy atom. The average molecular weight is 455 g/mol. The highest BCUT2D eigenvalue weighted by Gasteiger charge is 2.55. The van der Waals surface area contributed by atoms with E-state index in [1.165, 1.54) is 7.11 Å².